The van der Waals surface area contributed by atoms with Crippen molar-refractivity contribution in [1.29, 1.82) is 0 Å². The van der Waals surface area contributed by atoms with Crippen molar-refractivity contribution in [2.75, 3.05) is 0 Å². The van der Waals surface area contributed by atoms with Crippen molar-refractivity contribution in [3.05, 3.63) is 70.3 Å². The van der Waals surface area contributed by atoms with Gasteiger partial charge in [0.05, 0.1) is 0 Å². The third kappa shape index (κ3) is 2.24. The molecule has 20 heavy (non-hydrogen) atoms. The largest absolute Gasteiger partial charge is 0.207 e. The van der Waals surface area contributed by atoms with Crippen molar-refractivity contribution in [2.45, 2.75) is 32.6 Å². The smallest absolute Gasteiger partial charge is 0.123 e. The fourth-order valence-corrected chi connectivity index (χ4v) is 3.34. The molecular formula is C18H18F2. The number of benzene rings is 2. The highest BCUT2D eigenvalue weighted by Gasteiger charge is 2.26. The average molecular weight is 272 g/mol. The maximum absolute atomic E-state index is 13.5. The minimum absolute atomic E-state index is 0.191. The van der Waals surface area contributed by atoms with Crippen molar-refractivity contribution in [1.82, 2.24) is 0 Å². The molecule has 1 aliphatic rings. The Hall–Kier alpha value is -1.70. The van der Waals surface area contributed by atoms with Gasteiger partial charge in [-0.15, -0.1) is 0 Å². The summed E-state index contributed by atoms with van der Waals surface area (Å²) in [5.41, 5.74) is 4.49. The molecule has 0 radical (unpaired) electrons. The van der Waals surface area contributed by atoms with Crippen LogP contribution >= 0.6 is 0 Å². The van der Waals surface area contributed by atoms with Gasteiger partial charge in [0.1, 0.15) is 11.6 Å². The minimum atomic E-state index is -0.191. The van der Waals surface area contributed by atoms with Gasteiger partial charge in [-0.1, -0.05) is 26.0 Å². The van der Waals surface area contributed by atoms with E-state index in [0.29, 0.717) is 5.92 Å². The standard InChI is InChI=1S/C18H18F2/c1-11(2)18-16-7-5-14(19)9-12(16)3-4-13-10-15(20)6-8-17(13)18/h5-11,18H,3-4H2,1-2H3. The van der Waals surface area contributed by atoms with Crippen molar-refractivity contribution in [3.8, 4) is 0 Å². The minimum Gasteiger partial charge on any atom is -0.207 e. The first-order valence-electron chi connectivity index (χ1n) is 7.13. The number of rotatable bonds is 1. The monoisotopic (exact) mass is 272 g/mol. The van der Waals surface area contributed by atoms with Crippen LogP contribution in [0, 0.1) is 17.6 Å². The van der Waals surface area contributed by atoms with Crippen LogP contribution < -0.4 is 0 Å². The zero-order chi connectivity index (χ0) is 14.3. The van der Waals surface area contributed by atoms with Crippen LogP contribution in [0.2, 0.25) is 0 Å². The molecule has 0 atom stereocenters. The van der Waals surface area contributed by atoms with Gasteiger partial charge in [0.2, 0.25) is 0 Å². The van der Waals surface area contributed by atoms with Crippen LogP contribution in [-0.4, -0.2) is 0 Å². The second-order valence-corrected chi connectivity index (χ2v) is 5.91. The Kier molecular flexibility index (Phi) is 3.33. The van der Waals surface area contributed by atoms with Crippen LogP contribution in [0.15, 0.2) is 36.4 Å². The number of hydrogen-bond donors (Lipinski definition) is 0. The van der Waals surface area contributed by atoms with Gasteiger partial charge < -0.3 is 0 Å². The molecule has 0 amide bonds. The second kappa shape index (κ2) is 5.01. The molecule has 0 bridgehead atoms. The van der Waals surface area contributed by atoms with Crippen LogP contribution in [0.5, 0.6) is 0 Å². The van der Waals surface area contributed by atoms with E-state index in [9.17, 15) is 8.78 Å². The molecule has 0 aromatic heterocycles. The maximum atomic E-state index is 13.5. The van der Waals surface area contributed by atoms with Gasteiger partial charge in [0.15, 0.2) is 0 Å². The molecule has 0 saturated carbocycles. The Balaban J connectivity index is 2.21. The fourth-order valence-electron chi connectivity index (χ4n) is 3.34. The van der Waals surface area contributed by atoms with Gasteiger partial charge in [-0.05, 0) is 65.3 Å². The Morgan fingerprint density at radius 1 is 0.850 bits per heavy atom. The van der Waals surface area contributed by atoms with Crippen molar-refractivity contribution in [2.24, 2.45) is 5.92 Å². The molecule has 0 spiro atoms. The van der Waals surface area contributed by atoms with E-state index in [1.54, 1.807) is 12.1 Å². The van der Waals surface area contributed by atoms with E-state index in [1.165, 1.54) is 23.3 Å². The van der Waals surface area contributed by atoms with Crippen molar-refractivity contribution in [3.63, 3.8) is 0 Å². The molecule has 0 N–H and O–H groups in total. The SMILES string of the molecule is CC(C)C1c2ccc(F)cc2CCc2cc(F)ccc21. The molecule has 3 rings (SSSR count). The number of aryl methyl sites for hydroxylation is 2. The first kappa shape index (κ1) is 13.3. The topological polar surface area (TPSA) is 0 Å². The molecular weight excluding hydrogens is 254 g/mol. The maximum Gasteiger partial charge on any atom is 0.123 e. The predicted molar refractivity (Wildman–Crippen MR) is 76.9 cm³/mol. The van der Waals surface area contributed by atoms with Gasteiger partial charge in [-0.25, -0.2) is 8.78 Å². The lowest BCUT2D eigenvalue weighted by Crippen LogP contribution is -2.11. The van der Waals surface area contributed by atoms with Crippen LogP contribution in [0.1, 0.15) is 42.0 Å². The Labute approximate surface area is 118 Å². The Bertz CT molecular complexity index is 590. The molecule has 0 aliphatic heterocycles. The zero-order valence-corrected chi connectivity index (χ0v) is 11.8. The molecule has 2 aromatic rings. The van der Waals surface area contributed by atoms with E-state index < -0.39 is 0 Å². The molecule has 0 nitrogen and oxygen atoms in total. The number of hydrogen-bond acceptors (Lipinski definition) is 0. The lowest BCUT2D eigenvalue weighted by molar-refractivity contribution is 0.556. The summed E-state index contributed by atoms with van der Waals surface area (Å²) in [6.45, 7) is 4.33. The lowest BCUT2D eigenvalue weighted by atomic mass is 9.80. The summed E-state index contributed by atoms with van der Waals surface area (Å²) in [4.78, 5) is 0. The van der Waals surface area contributed by atoms with Gasteiger partial charge in [0, 0.05) is 5.92 Å². The highest BCUT2D eigenvalue weighted by atomic mass is 19.1. The van der Waals surface area contributed by atoms with Crippen molar-refractivity contribution < 1.29 is 8.78 Å². The van der Waals surface area contributed by atoms with Gasteiger partial charge in [0.25, 0.3) is 0 Å². The van der Waals surface area contributed by atoms with E-state index in [4.69, 9.17) is 0 Å². The summed E-state index contributed by atoms with van der Waals surface area (Å²) in [5.74, 6) is 0.219. The number of halogens is 2. The molecule has 1 aliphatic carbocycles. The van der Waals surface area contributed by atoms with Crippen LogP contribution in [0.25, 0.3) is 0 Å². The molecule has 2 heteroatoms. The second-order valence-electron chi connectivity index (χ2n) is 5.91. The average Bonchev–Trinajstić information content (AvgIpc) is 2.55. The predicted octanol–water partition coefficient (Wildman–Crippen LogP) is 4.85. The van der Waals surface area contributed by atoms with Gasteiger partial charge in [-0.2, -0.15) is 0 Å². The highest BCUT2D eigenvalue weighted by Crippen LogP contribution is 2.39. The third-order valence-electron chi connectivity index (χ3n) is 4.21. The van der Waals surface area contributed by atoms with E-state index in [-0.39, 0.29) is 17.6 Å². The quantitative estimate of drug-likeness (QED) is 0.696. The summed E-state index contributed by atoms with van der Waals surface area (Å²) in [6.07, 6.45) is 1.54. The van der Waals surface area contributed by atoms with E-state index in [1.807, 2.05) is 12.1 Å². The molecule has 2 aromatic carbocycles. The van der Waals surface area contributed by atoms with Crippen LogP contribution in [0.4, 0.5) is 8.78 Å². The normalized spacial score (nSPS) is 14.8. The summed E-state index contributed by atoms with van der Waals surface area (Å²) >= 11 is 0. The third-order valence-corrected chi connectivity index (χ3v) is 4.21. The first-order valence-corrected chi connectivity index (χ1v) is 7.13. The highest BCUT2D eigenvalue weighted by molar-refractivity contribution is 5.45. The summed E-state index contributed by atoms with van der Waals surface area (Å²) < 4.78 is 27.0. The number of fused-ring (bicyclic) bond motifs is 2. The van der Waals surface area contributed by atoms with Gasteiger partial charge >= 0.3 is 0 Å². The summed E-state index contributed by atoms with van der Waals surface area (Å²) in [7, 11) is 0. The molecule has 0 fully saturated rings. The zero-order valence-electron chi connectivity index (χ0n) is 11.8. The molecule has 104 valence electrons. The van der Waals surface area contributed by atoms with Gasteiger partial charge in [-0.3, -0.25) is 0 Å². The molecule has 0 unspecified atom stereocenters. The molecule has 0 heterocycles. The Morgan fingerprint density at radius 2 is 1.30 bits per heavy atom. The molecule has 0 saturated heterocycles. The van der Waals surface area contributed by atoms with Crippen LogP contribution in [0.3, 0.4) is 0 Å². The lowest BCUT2D eigenvalue weighted by Gasteiger charge is -2.24. The first-order chi connectivity index (χ1) is 9.56. The van der Waals surface area contributed by atoms with Crippen LogP contribution in [-0.2, 0) is 12.8 Å². The summed E-state index contributed by atoms with van der Waals surface area (Å²) in [6, 6.07) is 10.1. The van der Waals surface area contributed by atoms with E-state index in [0.717, 1.165) is 24.0 Å². The van der Waals surface area contributed by atoms with E-state index in [2.05, 4.69) is 13.8 Å². The summed E-state index contributed by atoms with van der Waals surface area (Å²) in [5, 5.41) is 0. The fraction of sp³-hybridized carbons (Fsp3) is 0.333. The van der Waals surface area contributed by atoms with E-state index >= 15 is 0 Å². The van der Waals surface area contributed by atoms with Crippen molar-refractivity contribution >= 4 is 0 Å². The Morgan fingerprint density at radius 3 is 1.70 bits per heavy atom.